The van der Waals surface area contributed by atoms with Crippen molar-refractivity contribution in [3.8, 4) is 17.3 Å². The fourth-order valence-corrected chi connectivity index (χ4v) is 4.59. The number of aryl methyl sites for hydroxylation is 1. The molecule has 1 saturated carbocycles. The van der Waals surface area contributed by atoms with E-state index in [1.807, 2.05) is 27.0 Å². The van der Waals surface area contributed by atoms with Crippen LogP contribution in [0.25, 0.3) is 11.1 Å². The van der Waals surface area contributed by atoms with E-state index in [1.54, 1.807) is 12.1 Å². The van der Waals surface area contributed by atoms with Crippen LogP contribution in [-0.4, -0.2) is 37.6 Å². The third kappa shape index (κ3) is 9.60. The maximum Gasteiger partial charge on any atom is 0.308 e. The molecule has 0 radical (unpaired) electrons. The van der Waals surface area contributed by atoms with Crippen LogP contribution in [0.5, 0.6) is 0 Å². The Balaban J connectivity index is 0.000000210. The highest BCUT2D eigenvalue weighted by atomic mass is 35.5. The first-order valence-electron chi connectivity index (χ1n) is 12.7. The van der Waals surface area contributed by atoms with Crippen LogP contribution in [0.15, 0.2) is 77.7 Å². The minimum atomic E-state index is -4.27. The normalized spacial score (nSPS) is 14.5. The van der Waals surface area contributed by atoms with Crippen LogP contribution in [0.4, 0.5) is 0 Å². The van der Waals surface area contributed by atoms with E-state index < -0.39 is 10.1 Å². The predicted octanol–water partition coefficient (Wildman–Crippen LogP) is 7.52. The van der Waals surface area contributed by atoms with Gasteiger partial charge in [-0.15, -0.1) is 5.26 Å². The van der Waals surface area contributed by atoms with E-state index in [4.69, 9.17) is 16.9 Å². The first-order chi connectivity index (χ1) is 17.5. The van der Waals surface area contributed by atoms with Crippen molar-refractivity contribution in [2.45, 2.75) is 57.3 Å². The van der Waals surface area contributed by atoms with Gasteiger partial charge >= 0.3 is 6.19 Å². The SMILES string of the molecule is CCC[N+](C)(C#N)CC.Cc1ccc(S(=O)(=O)[O-])cc1.Clc1ccc(C2CCC2)c(-c2ccccc2)c1. The molecule has 0 saturated heterocycles. The van der Waals surface area contributed by atoms with Crippen LogP contribution in [0.3, 0.4) is 0 Å². The molecule has 3 aromatic rings. The van der Waals surface area contributed by atoms with Crippen molar-refractivity contribution in [1.82, 2.24) is 0 Å². The van der Waals surface area contributed by atoms with E-state index in [-0.39, 0.29) is 4.90 Å². The number of hydrogen-bond acceptors (Lipinski definition) is 4. The summed E-state index contributed by atoms with van der Waals surface area (Å²) in [6.07, 6.45) is 7.35. The van der Waals surface area contributed by atoms with Crippen LogP contribution < -0.4 is 0 Å². The summed E-state index contributed by atoms with van der Waals surface area (Å²) in [5.74, 6) is 0.738. The molecular weight excluding hydrogens is 504 g/mol. The second-order valence-electron chi connectivity index (χ2n) is 9.53. The van der Waals surface area contributed by atoms with Gasteiger partial charge in [0.05, 0.1) is 25.0 Å². The van der Waals surface area contributed by atoms with E-state index in [2.05, 4.69) is 55.6 Å². The molecule has 1 aliphatic carbocycles. The van der Waals surface area contributed by atoms with E-state index >= 15 is 0 Å². The molecule has 1 unspecified atom stereocenters. The van der Waals surface area contributed by atoms with E-state index in [0.717, 1.165) is 36.0 Å². The Morgan fingerprint density at radius 3 is 2.08 bits per heavy atom. The van der Waals surface area contributed by atoms with Crippen LogP contribution in [0.1, 0.15) is 56.6 Å². The zero-order valence-electron chi connectivity index (χ0n) is 22.2. The van der Waals surface area contributed by atoms with E-state index in [9.17, 15) is 13.0 Å². The summed E-state index contributed by atoms with van der Waals surface area (Å²) in [6, 6.07) is 22.6. The van der Waals surface area contributed by atoms with Gasteiger partial charge in [0.25, 0.3) is 0 Å². The largest absolute Gasteiger partial charge is 0.744 e. The van der Waals surface area contributed by atoms with Crippen molar-refractivity contribution in [3.63, 3.8) is 0 Å². The molecule has 0 bridgehead atoms. The standard InChI is InChI=1S/C16H15Cl.C7H15N2.C7H8O3S/c17-14-9-10-15(12-7-4-8-12)16(11-14)13-5-2-1-3-6-13;1-4-6-9(3,5-2)7-8;1-6-2-4-7(5-3-6)11(8,9)10/h1-3,5-6,9-12H,4,7-8H2;4-6H2,1-3H3;2-5H,1H3,(H,8,9,10)/q;+1;/p-1. The summed E-state index contributed by atoms with van der Waals surface area (Å²) >= 11 is 6.13. The highest BCUT2D eigenvalue weighted by Crippen LogP contribution is 2.41. The third-order valence-electron chi connectivity index (χ3n) is 6.61. The molecule has 0 spiro atoms. The number of quaternary nitrogens is 1. The van der Waals surface area contributed by atoms with Crippen LogP contribution in [0, 0.1) is 18.4 Å². The van der Waals surface area contributed by atoms with Gasteiger partial charge in [-0.2, -0.15) is 0 Å². The Labute approximate surface area is 227 Å². The lowest BCUT2D eigenvalue weighted by Crippen LogP contribution is -2.38. The number of halogens is 1. The lowest BCUT2D eigenvalue weighted by Gasteiger charge is -2.28. The molecule has 0 N–H and O–H groups in total. The maximum absolute atomic E-state index is 10.4. The zero-order valence-corrected chi connectivity index (χ0v) is 23.7. The Kier molecular flexibility index (Phi) is 11.8. The van der Waals surface area contributed by atoms with Gasteiger partial charge in [-0.25, -0.2) is 12.9 Å². The Morgan fingerprint density at radius 2 is 1.65 bits per heavy atom. The molecule has 1 atom stereocenters. The second-order valence-corrected chi connectivity index (χ2v) is 11.3. The molecule has 4 rings (SSSR count). The average Bonchev–Trinajstić information content (AvgIpc) is 2.85. The van der Waals surface area contributed by atoms with Gasteiger partial charge in [0.1, 0.15) is 10.1 Å². The van der Waals surface area contributed by atoms with Crippen molar-refractivity contribution in [1.29, 1.82) is 5.26 Å². The zero-order chi connectivity index (χ0) is 27.5. The molecule has 0 amide bonds. The van der Waals surface area contributed by atoms with Crippen molar-refractivity contribution >= 4 is 21.7 Å². The average molecular weight is 541 g/mol. The highest BCUT2D eigenvalue weighted by Gasteiger charge is 2.22. The summed E-state index contributed by atoms with van der Waals surface area (Å²) in [5, 5.41) is 9.46. The molecule has 7 heteroatoms. The molecule has 1 aliphatic rings. The fraction of sp³-hybridized carbons (Fsp3) is 0.367. The summed E-state index contributed by atoms with van der Waals surface area (Å²) in [7, 11) is -2.31. The van der Waals surface area contributed by atoms with Gasteiger partial charge in [-0.1, -0.05) is 79.0 Å². The minimum Gasteiger partial charge on any atom is -0.744 e. The van der Waals surface area contributed by atoms with Crippen molar-refractivity contribution < 1.29 is 17.5 Å². The smallest absolute Gasteiger partial charge is 0.308 e. The third-order valence-corrected chi connectivity index (χ3v) is 7.70. The predicted molar refractivity (Wildman–Crippen MR) is 150 cm³/mol. The Bertz CT molecular complexity index is 1270. The van der Waals surface area contributed by atoms with Gasteiger partial charge in [0, 0.05) is 5.02 Å². The van der Waals surface area contributed by atoms with Crippen molar-refractivity contribution in [2.75, 3.05) is 20.1 Å². The summed E-state index contributed by atoms with van der Waals surface area (Å²) in [6.45, 7) is 7.83. The van der Waals surface area contributed by atoms with Crippen LogP contribution in [-0.2, 0) is 10.1 Å². The Morgan fingerprint density at radius 1 is 1.03 bits per heavy atom. The maximum atomic E-state index is 10.4. The monoisotopic (exact) mass is 540 g/mol. The van der Waals surface area contributed by atoms with Crippen LogP contribution >= 0.6 is 11.6 Å². The minimum absolute atomic E-state index is 0.178. The van der Waals surface area contributed by atoms with Gasteiger partial charge in [0.15, 0.2) is 0 Å². The fourth-order valence-electron chi connectivity index (χ4n) is 3.95. The van der Waals surface area contributed by atoms with Gasteiger partial charge in [-0.05, 0) is 80.0 Å². The molecule has 0 aromatic heterocycles. The highest BCUT2D eigenvalue weighted by molar-refractivity contribution is 7.85. The van der Waals surface area contributed by atoms with E-state index in [0.29, 0.717) is 4.48 Å². The quantitative estimate of drug-likeness (QED) is 0.184. The van der Waals surface area contributed by atoms with Gasteiger partial charge in [0.2, 0.25) is 0 Å². The molecule has 3 aromatic carbocycles. The second kappa shape index (κ2) is 14.3. The molecule has 37 heavy (non-hydrogen) atoms. The lowest BCUT2D eigenvalue weighted by molar-refractivity contribution is -0.843. The molecular formula is C30H37ClN2O3S. The molecule has 0 aliphatic heterocycles. The summed E-state index contributed by atoms with van der Waals surface area (Å²) in [5.41, 5.74) is 4.98. The summed E-state index contributed by atoms with van der Waals surface area (Å²) < 4.78 is 31.7. The van der Waals surface area contributed by atoms with E-state index in [1.165, 1.54) is 48.1 Å². The molecule has 0 heterocycles. The molecule has 198 valence electrons. The number of hydrogen-bond donors (Lipinski definition) is 0. The molecule has 5 nitrogen and oxygen atoms in total. The number of rotatable bonds is 6. The number of nitrogens with zero attached hydrogens (tertiary/aromatic N) is 2. The topological polar surface area (TPSA) is 81.0 Å². The lowest BCUT2D eigenvalue weighted by atomic mass is 9.77. The Hall–Kier alpha value is -2.69. The van der Waals surface area contributed by atoms with Crippen molar-refractivity contribution in [2.24, 2.45) is 0 Å². The number of nitriles is 1. The first-order valence-corrected chi connectivity index (χ1v) is 14.4. The first kappa shape index (κ1) is 30.5. The molecule has 1 fully saturated rings. The van der Waals surface area contributed by atoms with Crippen molar-refractivity contribution in [3.05, 3.63) is 88.9 Å². The van der Waals surface area contributed by atoms with Gasteiger partial charge in [-0.3, -0.25) is 0 Å². The summed E-state index contributed by atoms with van der Waals surface area (Å²) in [4.78, 5) is -0.178. The van der Waals surface area contributed by atoms with Gasteiger partial charge < -0.3 is 4.55 Å². The number of benzene rings is 3. The van der Waals surface area contributed by atoms with Crippen LogP contribution in [0.2, 0.25) is 5.02 Å².